The van der Waals surface area contributed by atoms with Gasteiger partial charge in [0.15, 0.2) is 0 Å². The maximum atomic E-state index is 12.7. The summed E-state index contributed by atoms with van der Waals surface area (Å²) in [7, 11) is -3.49. The molecule has 162 valence electrons. The van der Waals surface area contributed by atoms with Gasteiger partial charge in [-0.25, -0.2) is 8.42 Å². The van der Waals surface area contributed by atoms with Gasteiger partial charge >= 0.3 is 0 Å². The molecule has 6 nitrogen and oxygen atoms in total. The van der Waals surface area contributed by atoms with Crippen LogP contribution in [-0.4, -0.2) is 44.3 Å². The lowest BCUT2D eigenvalue weighted by Crippen LogP contribution is -2.35. The molecular weight excluding hydrogens is 398 g/mol. The third kappa shape index (κ3) is 5.02. The molecule has 1 fully saturated rings. The van der Waals surface area contributed by atoms with Crippen LogP contribution in [0.2, 0.25) is 0 Å². The number of carbonyl (C=O) groups is 1. The molecule has 1 amide bonds. The molecule has 0 unspecified atom stereocenters. The molecule has 2 aromatic rings. The van der Waals surface area contributed by atoms with Crippen LogP contribution in [0, 0.1) is 0 Å². The van der Waals surface area contributed by atoms with Gasteiger partial charge in [-0.2, -0.15) is 4.31 Å². The third-order valence-corrected chi connectivity index (χ3v) is 7.40. The molecule has 0 atom stereocenters. The first kappa shape index (κ1) is 22.3. The molecule has 1 saturated heterocycles. The van der Waals surface area contributed by atoms with Gasteiger partial charge in [-0.05, 0) is 82.1 Å². The molecular formula is C23H31N3O3S. The van der Waals surface area contributed by atoms with E-state index in [2.05, 4.69) is 31.0 Å². The Bertz CT molecular complexity index is 948. The molecule has 0 aliphatic carbocycles. The molecule has 0 aromatic heterocycles. The van der Waals surface area contributed by atoms with Gasteiger partial charge in [-0.3, -0.25) is 4.79 Å². The summed E-state index contributed by atoms with van der Waals surface area (Å²) in [5.74, 6) is -0.263. The van der Waals surface area contributed by atoms with Gasteiger partial charge in [0.25, 0.3) is 5.91 Å². The molecule has 1 aliphatic heterocycles. The van der Waals surface area contributed by atoms with Crippen molar-refractivity contribution in [3.63, 3.8) is 0 Å². The van der Waals surface area contributed by atoms with Gasteiger partial charge in [0.1, 0.15) is 0 Å². The van der Waals surface area contributed by atoms with Gasteiger partial charge in [0.05, 0.1) is 4.90 Å². The van der Waals surface area contributed by atoms with Crippen molar-refractivity contribution >= 4 is 27.3 Å². The van der Waals surface area contributed by atoms with Crippen LogP contribution in [0.3, 0.4) is 0 Å². The number of nitrogens with zero attached hydrogens (tertiary/aromatic N) is 2. The highest BCUT2D eigenvalue weighted by Gasteiger charge is 2.25. The fourth-order valence-electron chi connectivity index (χ4n) is 3.82. The molecule has 0 saturated carbocycles. The van der Waals surface area contributed by atoms with Gasteiger partial charge in [0.2, 0.25) is 10.0 Å². The highest BCUT2D eigenvalue weighted by Crippen LogP contribution is 2.22. The Morgan fingerprint density at radius 3 is 2.13 bits per heavy atom. The number of benzene rings is 2. The SMILES string of the molecule is CCN(c1ccc(NC(=O)c2ccc(S(=O)(=O)N3CCCCC3)cc2)cc1)C(C)C. The second-order valence-electron chi connectivity index (χ2n) is 7.87. The van der Waals surface area contributed by atoms with Crippen LogP contribution in [0.1, 0.15) is 50.4 Å². The molecule has 0 bridgehead atoms. The topological polar surface area (TPSA) is 69.7 Å². The number of piperidine rings is 1. The number of hydrogen-bond donors (Lipinski definition) is 1. The van der Waals surface area contributed by atoms with Crippen LogP contribution in [0.15, 0.2) is 53.4 Å². The Morgan fingerprint density at radius 1 is 1.00 bits per heavy atom. The zero-order valence-corrected chi connectivity index (χ0v) is 18.8. The lowest BCUT2D eigenvalue weighted by atomic mass is 10.2. The van der Waals surface area contributed by atoms with Gasteiger partial charge < -0.3 is 10.2 Å². The van der Waals surface area contributed by atoms with E-state index in [9.17, 15) is 13.2 Å². The highest BCUT2D eigenvalue weighted by atomic mass is 32.2. The molecule has 1 heterocycles. The summed E-state index contributed by atoms with van der Waals surface area (Å²) in [5.41, 5.74) is 2.24. The minimum absolute atomic E-state index is 0.235. The summed E-state index contributed by atoms with van der Waals surface area (Å²) in [5, 5.41) is 2.88. The summed E-state index contributed by atoms with van der Waals surface area (Å²) in [6, 6.07) is 14.3. The van der Waals surface area contributed by atoms with Crippen LogP contribution in [0.4, 0.5) is 11.4 Å². The zero-order chi connectivity index (χ0) is 21.7. The Morgan fingerprint density at radius 2 is 1.60 bits per heavy atom. The number of nitrogens with one attached hydrogen (secondary N) is 1. The monoisotopic (exact) mass is 429 g/mol. The van der Waals surface area contributed by atoms with E-state index in [0.717, 1.165) is 31.5 Å². The van der Waals surface area contributed by atoms with E-state index in [1.54, 1.807) is 12.1 Å². The van der Waals surface area contributed by atoms with Crippen molar-refractivity contribution < 1.29 is 13.2 Å². The first-order valence-electron chi connectivity index (χ1n) is 10.6. The predicted molar refractivity (Wildman–Crippen MR) is 122 cm³/mol. The minimum atomic E-state index is -3.49. The Hall–Kier alpha value is -2.38. The zero-order valence-electron chi connectivity index (χ0n) is 18.0. The number of rotatable bonds is 7. The van der Waals surface area contributed by atoms with E-state index in [-0.39, 0.29) is 10.8 Å². The second-order valence-corrected chi connectivity index (χ2v) is 9.81. The van der Waals surface area contributed by atoms with Crippen LogP contribution in [-0.2, 0) is 10.0 Å². The summed E-state index contributed by atoms with van der Waals surface area (Å²) in [4.78, 5) is 15.1. The van der Waals surface area contributed by atoms with Crippen molar-refractivity contribution in [1.29, 1.82) is 0 Å². The van der Waals surface area contributed by atoms with Gasteiger partial charge in [-0.1, -0.05) is 6.42 Å². The molecule has 1 aliphatic rings. The summed E-state index contributed by atoms with van der Waals surface area (Å²) in [6.45, 7) is 8.45. The van der Waals surface area contributed by atoms with E-state index in [1.165, 1.54) is 16.4 Å². The fourth-order valence-corrected chi connectivity index (χ4v) is 5.34. The van der Waals surface area contributed by atoms with E-state index in [1.807, 2.05) is 24.3 Å². The number of amides is 1. The molecule has 30 heavy (non-hydrogen) atoms. The first-order valence-corrected chi connectivity index (χ1v) is 12.0. The van der Waals surface area contributed by atoms with Gasteiger partial charge in [-0.15, -0.1) is 0 Å². The normalized spacial score (nSPS) is 15.2. The van der Waals surface area contributed by atoms with E-state index >= 15 is 0 Å². The maximum absolute atomic E-state index is 12.7. The van der Waals surface area contributed by atoms with Crippen molar-refractivity contribution in [1.82, 2.24) is 4.31 Å². The Balaban J connectivity index is 1.67. The molecule has 7 heteroatoms. The van der Waals surface area contributed by atoms with E-state index < -0.39 is 10.0 Å². The van der Waals surface area contributed by atoms with Crippen molar-refractivity contribution in [3.05, 3.63) is 54.1 Å². The van der Waals surface area contributed by atoms with Crippen LogP contribution in [0.25, 0.3) is 0 Å². The fraction of sp³-hybridized carbons (Fsp3) is 0.435. The summed E-state index contributed by atoms with van der Waals surface area (Å²) < 4.78 is 27.0. The van der Waals surface area contributed by atoms with Crippen molar-refractivity contribution in [2.45, 2.75) is 51.0 Å². The number of carbonyl (C=O) groups excluding carboxylic acids is 1. The highest BCUT2D eigenvalue weighted by molar-refractivity contribution is 7.89. The van der Waals surface area contributed by atoms with Crippen molar-refractivity contribution in [3.8, 4) is 0 Å². The van der Waals surface area contributed by atoms with Crippen LogP contribution in [0.5, 0.6) is 0 Å². The van der Waals surface area contributed by atoms with Crippen LogP contribution < -0.4 is 10.2 Å². The van der Waals surface area contributed by atoms with E-state index in [0.29, 0.717) is 30.4 Å². The number of hydrogen-bond acceptors (Lipinski definition) is 4. The smallest absolute Gasteiger partial charge is 0.255 e. The summed E-state index contributed by atoms with van der Waals surface area (Å²) >= 11 is 0. The number of anilines is 2. The predicted octanol–water partition coefficient (Wildman–Crippen LogP) is 4.35. The second kappa shape index (κ2) is 9.62. The van der Waals surface area contributed by atoms with Crippen LogP contribution >= 0.6 is 0 Å². The molecule has 0 radical (unpaired) electrons. The largest absolute Gasteiger partial charge is 0.369 e. The minimum Gasteiger partial charge on any atom is -0.369 e. The molecule has 3 rings (SSSR count). The van der Waals surface area contributed by atoms with E-state index in [4.69, 9.17) is 0 Å². The summed E-state index contributed by atoms with van der Waals surface area (Å²) in [6.07, 6.45) is 2.86. The lowest BCUT2D eigenvalue weighted by Gasteiger charge is -2.27. The molecule has 1 N–H and O–H groups in total. The van der Waals surface area contributed by atoms with Gasteiger partial charge in [0, 0.05) is 42.6 Å². The third-order valence-electron chi connectivity index (χ3n) is 5.49. The Labute approximate surface area is 179 Å². The quantitative estimate of drug-likeness (QED) is 0.710. The average molecular weight is 430 g/mol. The first-order chi connectivity index (χ1) is 14.3. The molecule has 2 aromatic carbocycles. The maximum Gasteiger partial charge on any atom is 0.255 e. The molecule has 0 spiro atoms. The lowest BCUT2D eigenvalue weighted by molar-refractivity contribution is 0.102. The Kier molecular flexibility index (Phi) is 7.15. The average Bonchev–Trinajstić information content (AvgIpc) is 2.76. The van der Waals surface area contributed by atoms with Crippen molar-refractivity contribution in [2.24, 2.45) is 0 Å². The standard InChI is InChI=1S/C23H31N3O3S/c1-4-26(18(2)3)21-12-10-20(11-13-21)24-23(27)19-8-14-22(15-9-19)30(28,29)25-16-6-5-7-17-25/h8-15,18H,4-7,16-17H2,1-3H3,(H,24,27). The van der Waals surface area contributed by atoms with Crippen molar-refractivity contribution in [2.75, 3.05) is 29.9 Å². The number of sulfonamides is 1.